The Balaban J connectivity index is 2.05. The molecule has 3 heteroatoms. The number of aromatic nitrogens is 2. The summed E-state index contributed by atoms with van der Waals surface area (Å²) in [5.41, 5.74) is 2.48. The molecular formula is C17H22N2S. The molecule has 106 valence electrons. The highest BCUT2D eigenvalue weighted by molar-refractivity contribution is 7.71. The van der Waals surface area contributed by atoms with Crippen molar-refractivity contribution < 1.29 is 0 Å². The minimum absolute atomic E-state index is 0.534. The lowest BCUT2D eigenvalue weighted by molar-refractivity contribution is 0.333. The zero-order valence-electron chi connectivity index (χ0n) is 12.0. The van der Waals surface area contributed by atoms with Gasteiger partial charge in [0, 0.05) is 12.2 Å². The van der Waals surface area contributed by atoms with Crippen LogP contribution < -0.4 is 0 Å². The molecule has 2 unspecified atom stereocenters. The molecule has 0 spiro atoms. The number of rotatable bonds is 2. The van der Waals surface area contributed by atoms with Crippen molar-refractivity contribution in [1.29, 1.82) is 0 Å². The molecule has 0 amide bonds. The molecule has 2 aromatic rings. The van der Waals surface area contributed by atoms with Crippen molar-refractivity contribution >= 4 is 12.2 Å². The zero-order valence-corrected chi connectivity index (χ0v) is 12.8. The lowest BCUT2D eigenvalue weighted by Crippen LogP contribution is -2.17. The van der Waals surface area contributed by atoms with Gasteiger partial charge in [0.2, 0.25) is 0 Å². The SMILES string of the molecule is CC1CCCCCC1n1c(-c2ccccc2)c[nH]c1=S. The molecule has 20 heavy (non-hydrogen) atoms. The van der Waals surface area contributed by atoms with Crippen molar-refractivity contribution in [2.24, 2.45) is 5.92 Å². The molecule has 0 saturated heterocycles. The molecule has 1 fully saturated rings. The first-order chi connectivity index (χ1) is 9.77. The molecule has 0 bridgehead atoms. The Hall–Kier alpha value is -1.35. The minimum atomic E-state index is 0.534. The van der Waals surface area contributed by atoms with E-state index >= 15 is 0 Å². The van der Waals surface area contributed by atoms with Crippen molar-refractivity contribution in [3.63, 3.8) is 0 Å². The topological polar surface area (TPSA) is 20.7 Å². The summed E-state index contributed by atoms with van der Waals surface area (Å²) in [4.78, 5) is 3.25. The van der Waals surface area contributed by atoms with Gasteiger partial charge in [-0.05, 0) is 36.5 Å². The van der Waals surface area contributed by atoms with Gasteiger partial charge in [0.05, 0.1) is 5.69 Å². The van der Waals surface area contributed by atoms with E-state index in [1.54, 1.807) is 0 Å². The molecule has 1 N–H and O–H groups in total. The van der Waals surface area contributed by atoms with Gasteiger partial charge in [0.15, 0.2) is 4.77 Å². The Morgan fingerprint density at radius 1 is 1.10 bits per heavy atom. The van der Waals surface area contributed by atoms with Gasteiger partial charge in [-0.15, -0.1) is 0 Å². The zero-order chi connectivity index (χ0) is 13.9. The standard InChI is InChI=1S/C17H22N2S/c1-13-8-4-2-7-11-15(13)19-16(12-18-17(19)20)14-9-5-3-6-10-14/h3,5-6,9-10,12-13,15H,2,4,7-8,11H2,1H3,(H,18,20). The van der Waals surface area contributed by atoms with E-state index in [1.165, 1.54) is 43.4 Å². The molecule has 3 rings (SSSR count). The van der Waals surface area contributed by atoms with Gasteiger partial charge in [-0.3, -0.25) is 0 Å². The summed E-state index contributed by atoms with van der Waals surface area (Å²) >= 11 is 5.56. The molecule has 1 saturated carbocycles. The fourth-order valence-electron chi connectivity index (χ4n) is 3.40. The smallest absolute Gasteiger partial charge is 0.177 e. The van der Waals surface area contributed by atoms with Crippen LogP contribution >= 0.6 is 12.2 Å². The van der Waals surface area contributed by atoms with Crippen LogP contribution in [-0.2, 0) is 0 Å². The van der Waals surface area contributed by atoms with Crippen LogP contribution in [0, 0.1) is 10.7 Å². The summed E-state index contributed by atoms with van der Waals surface area (Å²) in [7, 11) is 0. The van der Waals surface area contributed by atoms with Crippen LogP contribution in [0.2, 0.25) is 0 Å². The number of aromatic amines is 1. The molecule has 2 nitrogen and oxygen atoms in total. The second kappa shape index (κ2) is 5.96. The summed E-state index contributed by atoms with van der Waals surface area (Å²) in [6.07, 6.45) is 8.65. The van der Waals surface area contributed by atoms with E-state index in [0.29, 0.717) is 12.0 Å². The van der Waals surface area contributed by atoms with E-state index in [4.69, 9.17) is 12.2 Å². The summed E-state index contributed by atoms with van der Waals surface area (Å²) in [5, 5.41) is 0. The summed E-state index contributed by atoms with van der Waals surface area (Å²) in [5.74, 6) is 0.697. The third-order valence-corrected chi connectivity index (χ3v) is 4.84. The van der Waals surface area contributed by atoms with E-state index < -0.39 is 0 Å². The van der Waals surface area contributed by atoms with E-state index in [9.17, 15) is 0 Å². The van der Waals surface area contributed by atoms with Crippen LogP contribution in [0.15, 0.2) is 36.5 Å². The van der Waals surface area contributed by atoms with Gasteiger partial charge in [-0.1, -0.05) is 56.5 Å². The molecule has 0 radical (unpaired) electrons. The van der Waals surface area contributed by atoms with E-state index in [-0.39, 0.29) is 0 Å². The van der Waals surface area contributed by atoms with Crippen LogP contribution in [0.5, 0.6) is 0 Å². The molecule has 1 aliphatic carbocycles. The summed E-state index contributed by atoms with van der Waals surface area (Å²) in [6, 6.07) is 11.1. The second-order valence-electron chi connectivity index (χ2n) is 5.90. The van der Waals surface area contributed by atoms with Gasteiger partial charge >= 0.3 is 0 Å². The normalized spacial score (nSPS) is 23.4. The first-order valence-electron chi connectivity index (χ1n) is 7.62. The van der Waals surface area contributed by atoms with Gasteiger partial charge in [-0.2, -0.15) is 0 Å². The number of hydrogen-bond acceptors (Lipinski definition) is 1. The van der Waals surface area contributed by atoms with E-state index in [0.717, 1.165) is 4.77 Å². The fourth-order valence-corrected chi connectivity index (χ4v) is 3.69. The van der Waals surface area contributed by atoms with Gasteiger partial charge in [0.25, 0.3) is 0 Å². The molecule has 0 aliphatic heterocycles. The first kappa shape index (κ1) is 13.6. The molecular weight excluding hydrogens is 264 g/mol. The number of nitrogens with one attached hydrogen (secondary N) is 1. The predicted octanol–water partition coefficient (Wildman–Crippen LogP) is 5.35. The lowest BCUT2D eigenvalue weighted by atomic mass is 9.96. The molecule has 1 aliphatic rings. The van der Waals surface area contributed by atoms with Gasteiger partial charge in [0.1, 0.15) is 0 Å². The highest BCUT2D eigenvalue weighted by Crippen LogP contribution is 2.35. The Labute approximate surface area is 125 Å². The van der Waals surface area contributed by atoms with Crippen molar-refractivity contribution in [3.05, 3.63) is 41.3 Å². The Morgan fingerprint density at radius 2 is 1.85 bits per heavy atom. The Morgan fingerprint density at radius 3 is 2.65 bits per heavy atom. The maximum absolute atomic E-state index is 5.56. The van der Waals surface area contributed by atoms with E-state index in [2.05, 4.69) is 53.0 Å². The average molecular weight is 286 g/mol. The van der Waals surface area contributed by atoms with Crippen molar-refractivity contribution in [3.8, 4) is 11.3 Å². The highest BCUT2D eigenvalue weighted by Gasteiger charge is 2.24. The fraction of sp³-hybridized carbons (Fsp3) is 0.471. The Kier molecular flexibility index (Phi) is 4.06. The number of hydrogen-bond donors (Lipinski definition) is 1. The number of H-pyrrole nitrogens is 1. The van der Waals surface area contributed by atoms with Crippen LogP contribution in [0.3, 0.4) is 0 Å². The number of imidazole rings is 1. The maximum Gasteiger partial charge on any atom is 0.177 e. The first-order valence-corrected chi connectivity index (χ1v) is 8.03. The van der Waals surface area contributed by atoms with Gasteiger partial charge < -0.3 is 9.55 Å². The van der Waals surface area contributed by atoms with E-state index in [1.807, 2.05) is 0 Å². The Bertz CT molecular complexity index is 611. The summed E-state index contributed by atoms with van der Waals surface area (Å²) in [6.45, 7) is 2.37. The molecule has 1 aromatic heterocycles. The van der Waals surface area contributed by atoms with Crippen LogP contribution in [0.1, 0.15) is 45.1 Å². The molecule has 1 heterocycles. The second-order valence-corrected chi connectivity index (χ2v) is 6.28. The van der Waals surface area contributed by atoms with Crippen molar-refractivity contribution in [2.75, 3.05) is 0 Å². The van der Waals surface area contributed by atoms with Crippen LogP contribution in [0.25, 0.3) is 11.3 Å². The average Bonchev–Trinajstić information content (AvgIpc) is 2.72. The van der Waals surface area contributed by atoms with Crippen LogP contribution in [0.4, 0.5) is 0 Å². The predicted molar refractivity (Wildman–Crippen MR) is 86.3 cm³/mol. The van der Waals surface area contributed by atoms with Crippen LogP contribution in [-0.4, -0.2) is 9.55 Å². The third kappa shape index (κ3) is 2.59. The van der Waals surface area contributed by atoms with Gasteiger partial charge in [-0.25, -0.2) is 0 Å². The molecule has 1 aromatic carbocycles. The summed E-state index contributed by atoms with van der Waals surface area (Å²) < 4.78 is 3.23. The quantitative estimate of drug-likeness (QED) is 0.582. The largest absolute Gasteiger partial charge is 0.337 e. The monoisotopic (exact) mass is 286 g/mol. The minimum Gasteiger partial charge on any atom is -0.337 e. The number of nitrogens with zero attached hydrogens (tertiary/aromatic N) is 1. The highest BCUT2D eigenvalue weighted by atomic mass is 32.1. The van der Waals surface area contributed by atoms with Crippen molar-refractivity contribution in [2.45, 2.75) is 45.1 Å². The number of benzene rings is 1. The van der Waals surface area contributed by atoms with Crippen molar-refractivity contribution in [1.82, 2.24) is 9.55 Å². The third-order valence-electron chi connectivity index (χ3n) is 4.53. The maximum atomic E-state index is 5.56. The molecule has 2 atom stereocenters. The lowest BCUT2D eigenvalue weighted by Gasteiger charge is -2.25.